The minimum atomic E-state index is -4.17. The predicted octanol–water partition coefficient (Wildman–Crippen LogP) is 17.8. The van der Waals surface area contributed by atoms with Gasteiger partial charge in [-0.3, -0.25) is 0 Å². The average molecular weight is 1240 g/mol. The first-order valence-electron chi connectivity index (χ1n) is 30.3. The molecule has 5 rings (SSSR count). The van der Waals surface area contributed by atoms with Gasteiger partial charge in [-0.1, -0.05) is 98.1 Å². The SMILES string of the molecule is C=CCOCC1CC1.C=CCOCCF.C=NOCC.C=NOCC1CC1.CCCC(F)(F)C(F)F.CCCCC.CCCOC.CCCOCC.CCOCC(F)(F)F.COC(=O)OCCC1CCC1.COCC1CC1.COCC1CCC1. The van der Waals surface area contributed by atoms with E-state index in [1.807, 2.05) is 13.8 Å². The molecular weight excluding hydrogens is 1120 g/mol. The first-order chi connectivity index (χ1) is 40.2. The van der Waals surface area contributed by atoms with Gasteiger partial charge in [0.1, 0.15) is 26.5 Å². The Bertz CT molecular complexity index is 1270. The summed E-state index contributed by atoms with van der Waals surface area (Å²) in [6, 6.07) is 0. The molecular formula is C62H122F8N2O12. The van der Waals surface area contributed by atoms with Gasteiger partial charge in [-0.2, -0.15) is 13.2 Å². The predicted molar refractivity (Wildman–Crippen MR) is 327 cm³/mol. The number of oxime groups is 2. The van der Waals surface area contributed by atoms with Crippen molar-refractivity contribution in [1.29, 1.82) is 0 Å². The Morgan fingerprint density at radius 1 is 0.536 bits per heavy atom. The van der Waals surface area contributed by atoms with Crippen LogP contribution in [0.15, 0.2) is 35.6 Å². The zero-order chi connectivity index (χ0) is 65.4. The molecule has 14 nitrogen and oxygen atoms in total. The number of carbonyl (C=O) groups excluding carboxylic acids is 1. The van der Waals surface area contributed by atoms with E-state index in [2.05, 4.69) is 88.5 Å². The molecule has 5 fully saturated rings. The molecule has 5 saturated carbocycles. The number of ether oxygens (including phenoxy) is 9. The molecule has 0 amide bonds. The zero-order valence-corrected chi connectivity index (χ0v) is 54.5. The first-order valence-corrected chi connectivity index (χ1v) is 30.3. The first kappa shape index (κ1) is 94.5. The molecule has 0 aromatic rings. The molecule has 0 saturated heterocycles. The van der Waals surface area contributed by atoms with E-state index in [-0.39, 0.29) is 19.6 Å². The van der Waals surface area contributed by atoms with Crippen LogP contribution in [0.1, 0.15) is 184 Å². The third-order valence-electron chi connectivity index (χ3n) is 11.0. The summed E-state index contributed by atoms with van der Waals surface area (Å²) in [6.45, 7) is 36.1. The summed E-state index contributed by atoms with van der Waals surface area (Å²) in [6.07, 6.45) is 18.1. The van der Waals surface area contributed by atoms with E-state index in [1.54, 1.807) is 33.5 Å². The molecule has 0 aromatic heterocycles. The average Bonchev–Trinajstić information content (AvgIpc) is 4.29. The lowest BCUT2D eigenvalue weighted by Gasteiger charge is -2.24. The van der Waals surface area contributed by atoms with Crippen LogP contribution < -0.4 is 0 Å². The van der Waals surface area contributed by atoms with Crippen molar-refractivity contribution in [3.05, 3.63) is 25.3 Å². The highest BCUT2D eigenvalue weighted by molar-refractivity contribution is 5.59. The van der Waals surface area contributed by atoms with Gasteiger partial charge in [-0.05, 0) is 121 Å². The molecule has 84 heavy (non-hydrogen) atoms. The number of nitrogens with zero attached hydrogens (tertiary/aromatic N) is 2. The van der Waals surface area contributed by atoms with Crippen molar-refractivity contribution in [2.24, 2.45) is 39.9 Å². The zero-order valence-electron chi connectivity index (χ0n) is 54.5. The summed E-state index contributed by atoms with van der Waals surface area (Å²) < 4.78 is 133. The molecule has 0 aromatic carbocycles. The third kappa shape index (κ3) is 101. The topological polar surface area (TPSA) is 143 Å². The molecule has 0 radical (unpaired) electrons. The van der Waals surface area contributed by atoms with Crippen molar-refractivity contribution >= 4 is 19.6 Å². The van der Waals surface area contributed by atoms with E-state index in [9.17, 15) is 39.9 Å². The van der Waals surface area contributed by atoms with Crippen LogP contribution in [0.4, 0.5) is 39.9 Å². The normalized spacial score (nSPS) is 14.2. The monoisotopic (exact) mass is 1240 g/mol. The second kappa shape index (κ2) is 77.9. The van der Waals surface area contributed by atoms with Crippen molar-refractivity contribution in [3.8, 4) is 0 Å². The Morgan fingerprint density at radius 2 is 1.00 bits per heavy atom. The van der Waals surface area contributed by atoms with Gasteiger partial charge < -0.3 is 52.3 Å². The maximum atomic E-state index is 11.8. The fraction of sp³-hybridized carbons (Fsp3) is 0.887. The van der Waals surface area contributed by atoms with Crippen molar-refractivity contribution < 1.29 is 92.2 Å². The molecule has 5 aliphatic carbocycles. The summed E-state index contributed by atoms with van der Waals surface area (Å²) in [5.74, 6) is 0.523. The molecule has 0 bridgehead atoms. The van der Waals surface area contributed by atoms with Gasteiger partial charge in [0, 0.05) is 87.4 Å². The van der Waals surface area contributed by atoms with Crippen molar-refractivity contribution in [3.63, 3.8) is 0 Å². The molecule has 0 aliphatic heterocycles. The Hall–Kier alpha value is -3.15. The number of rotatable bonds is 32. The molecule has 508 valence electrons. The summed E-state index contributed by atoms with van der Waals surface area (Å²) in [7, 11) is 6.58. The van der Waals surface area contributed by atoms with Crippen LogP contribution in [0.5, 0.6) is 0 Å². The number of hydrogen-bond acceptors (Lipinski definition) is 14. The van der Waals surface area contributed by atoms with E-state index in [0.717, 1.165) is 102 Å². The maximum absolute atomic E-state index is 11.8. The Labute approximate surface area is 505 Å². The largest absolute Gasteiger partial charge is 0.507 e. The fourth-order valence-corrected chi connectivity index (χ4v) is 5.43. The van der Waals surface area contributed by atoms with Crippen LogP contribution >= 0.6 is 0 Å². The lowest BCUT2D eigenvalue weighted by Crippen LogP contribution is -2.25. The van der Waals surface area contributed by atoms with Gasteiger partial charge in [0.15, 0.2) is 0 Å². The minimum Gasteiger partial charge on any atom is -0.438 e. The lowest BCUT2D eigenvalue weighted by atomic mass is 9.83. The van der Waals surface area contributed by atoms with Crippen LogP contribution in [0.3, 0.4) is 0 Å². The molecule has 0 unspecified atom stereocenters. The standard InChI is InChI=1S/C8H14O3.C7H12O.C6H12O.C5H8F4.C5H9FO.C5H9NO.C5H10O.C5H12O.C5H12.C4H7F3O.C4H10O.C3H7NO/c1-10-8(9)11-6-5-7-3-2-4-7;1-2-5-8-6-7-3-4-7;1-7-5-6-3-2-4-6;1-2-3-5(8,9)4(6)7;1-2-4-7-5-3-6;1-6-7-4-5-2-3-5;1-6-4-5-2-3-5;1-3-5-6-4-2;1-3-5-4-2;1-2-8-3-4(5,6)7;1-3-4-5-2;1-3-5-4-2/h7H,2-6H2,1H3;2,7H,1,3-6H2;6H,2-5H2,1H3;4H,2-3H2,1H3;2H,1,3-5H2;5H,1-4H2;5H,2-4H2,1H3;3-5H2,1-2H3;3-5H2,1-2H3;2-3H2,1H3;3-4H2,1-2H3;2-3H2,1H3. The van der Waals surface area contributed by atoms with E-state index < -0.39 is 44.4 Å². The van der Waals surface area contributed by atoms with Crippen molar-refractivity contribution in [2.45, 2.75) is 202 Å². The molecule has 0 N–H and O–H groups in total. The fourth-order valence-electron chi connectivity index (χ4n) is 5.43. The van der Waals surface area contributed by atoms with Crippen molar-refractivity contribution in [2.75, 3.05) is 128 Å². The summed E-state index contributed by atoms with van der Waals surface area (Å²) in [4.78, 5) is 19.5. The summed E-state index contributed by atoms with van der Waals surface area (Å²) in [5.41, 5.74) is 0. The van der Waals surface area contributed by atoms with E-state index in [0.29, 0.717) is 19.8 Å². The highest BCUT2D eigenvalue weighted by Gasteiger charge is 2.39. The van der Waals surface area contributed by atoms with Crippen LogP contribution in [-0.4, -0.2) is 166 Å². The van der Waals surface area contributed by atoms with Crippen molar-refractivity contribution in [1.82, 2.24) is 0 Å². The third-order valence-corrected chi connectivity index (χ3v) is 11.0. The minimum absolute atomic E-state index is 0.0807. The van der Waals surface area contributed by atoms with Gasteiger partial charge >= 0.3 is 24.7 Å². The summed E-state index contributed by atoms with van der Waals surface area (Å²) in [5, 5.41) is 6.37. The second-order valence-corrected chi connectivity index (χ2v) is 19.4. The number of methoxy groups -OCH3 is 4. The second-order valence-electron chi connectivity index (χ2n) is 19.4. The number of halogens is 8. The number of hydrogen-bond donors (Lipinski definition) is 0. The molecule has 0 spiro atoms. The Kier molecular flexibility index (Phi) is 87.6. The quantitative estimate of drug-likeness (QED) is 0.0158. The van der Waals surface area contributed by atoms with Crippen LogP contribution in [0.25, 0.3) is 0 Å². The van der Waals surface area contributed by atoms with Crippen LogP contribution in [-0.2, 0) is 52.3 Å². The van der Waals surface area contributed by atoms with Gasteiger partial charge in [-0.15, -0.1) is 23.5 Å². The van der Waals surface area contributed by atoms with E-state index in [1.165, 1.54) is 117 Å². The Morgan fingerprint density at radius 3 is 1.24 bits per heavy atom. The molecule has 22 heteroatoms. The highest BCUT2D eigenvalue weighted by Crippen LogP contribution is 2.31. The molecule has 0 heterocycles. The molecule has 0 atom stereocenters. The number of carbonyl (C=O) groups is 1. The highest BCUT2D eigenvalue weighted by atomic mass is 19.4. The number of alkyl halides is 8. The molecule has 5 aliphatic rings. The van der Waals surface area contributed by atoms with Gasteiger partial charge in [0.05, 0.1) is 33.5 Å². The maximum Gasteiger partial charge on any atom is 0.507 e. The number of unbranched alkanes of at least 4 members (excludes halogenated alkanes) is 2. The van der Waals surface area contributed by atoms with E-state index in [4.69, 9.17) is 28.4 Å². The van der Waals surface area contributed by atoms with Crippen LogP contribution in [0, 0.1) is 29.6 Å². The lowest BCUT2D eigenvalue weighted by molar-refractivity contribution is -0.172. The van der Waals surface area contributed by atoms with Gasteiger partial charge in [0.2, 0.25) is 0 Å². The smallest absolute Gasteiger partial charge is 0.438 e. The van der Waals surface area contributed by atoms with Gasteiger partial charge in [0.25, 0.3) is 0 Å². The van der Waals surface area contributed by atoms with E-state index >= 15 is 0 Å². The van der Waals surface area contributed by atoms with Gasteiger partial charge in [-0.25, -0.2) is 26.7 Å². The Balaban J connectivity index is -0.000000155. The van der Waals surface area contributed by atoms with Crippen LogP contribution in [0.2, 0.25) is 0 Å². The summed E-state index contributed by atoms with van der Waals surface area (Å²) >= 11 is 0.